The highest BCUT2D eigenvalue weighted by Crippen LogP contribution is 2.28. The van der Waals surface area contributed by atoms with Gasteiger partial charge in [0.15, 0.2) is 0 Å². The highest BCUT2D eigenvalue weighted by Gasteiger charge is 2.08. The zero-order valence-corrected chi connectivity index (χ0v) is 13.2. The summed E-state index contributed by atoms with van der Waals surface area (Å²) >= 11 is 11.4. The largest absolute Gasteiger partial charge is 0.130 e. The van der Waals surface area contributed by atoms with Gasteiger partial charge in [0.25, 0.3) is 0 Å². The van der Waals surface area contributed by atoms with Gasteiger partial charge in [-0.05, 0) is 48.1 Å². The fourth-order valence-electron chi connectivity index (χ4n) is 1.76. The van der Waals surface area contributed by atoms with Gasteiger partial charge in [-0.2, -0.15) is 0 Å². The lowest BCUT2D eigenvalue weighted by Crippen LogP contribution is -1.95. The zero-order chi connectivity index (χ0) is 13.0. The molecule has 18 heavy (non-hydrogen) atoms. The Kier molecular flexibility index (Phi) is 5.16. The first-order chi connectivity index (χ1) is 8.69. The van der Waals surface area contributed by atoms with Crippen molar-refractivity contribution in [1.82, 2.24) is 0 Å². The molecule has 2 rings (SSSR count). The Morgan fingerprint density at radius 3 is 2.22 bits per heavy atom. The SMILES string of the molecule is CSc1ccc(C(Br)Cc2ccc(Cl)cc2)cc1. The Morgan fingerprint density at radius 2 is 1.67 bits per heavy atom. The standard InChI is InChI=1S/C15H14BrClS/c1-18-14-8-4-12(5-9-14)15(16)10-11-2-6-13(17)7-3-11/h2-9,15H,10H2,1H3. The van der Waals surface area contributed by atoms with Crippen molar-refractivity contribution in [2.24, 2.45) is 0 Å². The topological polar surface area (TPSA) is 0 Å². The predicted molar refractivity (Wildman–Crippen MR) is 85.0 cm³/mol. The van der Waals surface area contributed by atoms with Crippen molar-refractivity contribution < 1.29 is 0 Å². The molecular formula is C15H14BrClS. The van der Waals surface area contributed by atoms with Crippen LogP contribution >= 0.6 is 39.3 Å². The van der Waals surface area contributed by atoms with Crippen molar-refractivity contribution in [3.63, 3.8) is 0 Å². The second-order valence-corrected chi connectivity index (χ2v) is 6.49. The molecule has 0 radical (unpaired) electrons. The number of thioether (sulfide) groups is 1. The van der Waals surface area contributed by atoms with Crippen LogP contribution in [0.15, 0.2) is 53.4 Å². The minimum atomic E-state index is 0.342. The van der Waals surface area contributed by atoms with Gasteiger partial charge in [-0.25, -0.2) is 0 Å². The van der Waals surface area contributed by atoms with Crippen LogP contribution in [0.5, 0.6) is 0 Å². The predicted octanol–water partition coefficient (Wildman–Crippen LogP) is 5.74. The van der Waals surface area contributed by atoms with E-state index in [-0.39, 0.29) is 0 Å². The molecule has 2 aromatic rings. The molecule has 0 saturated heterocycles. The van der Waals surface area contributed by atoms with Gasteiger partial charge < -0.3 is 0 Å². The molecule has 2 aromatic carbocycles. The van der Waals surface area contributed by atoms with Crippen LogP contribution in [0.1, 0.15) is 16.0 Å². The maximum absolute atomic E-state index is 5.88. The summed E-state index contributed by atoms with van der Waals surface area (Å²) < 4.78 is 0. The van der Waals surface area contributed by atoms with Crippen LogP contribution in [-0.2, 0) is 6.42 Å². The number of halogens is 2. The summed E-state index contributed by atoms with van der Waals surface area (Å²) in [6.45, 7) is 0. The second kappa shape index (κ2) is 6.65. The molecule has 3 heteroatoms. The highest BCUT2D eigenvalue weighted by molar-refractivity contribution is 9.09. The number of rotatable bonds is 4. The average molecular weight is 342 g/mol. The number of hydrogen-bond acceptors (Lipinski definition) is 1. The average Bonchev–Trinajstić information content (AvgIpc) is 2.41. The molecule has 0 aromatic heterocycles. The molecule has 0 saturated carbocycles. The van der Waals surface area contributed by atoms with Crippen molar-refractivity contribution in [1.29, 1.82) is 0 Å². The third-order valence-electron chi connectivity index (χ3n) is 2.81. The maximum atomic E-state index is 5.88. The lowest BCUT2D eigenvalue weighted by atomic mass is 10.0. The Balaban J connectivity index is 2.06. The summed E-state index contributed by atoms with van der Waals surface area (Å²) in [5.74, 6) is 0. The van der Waals surface area contributed by atoms with Gasteiger partial charge in [0.1, 0.15) is 0 Å². The van der Waals surface area contributed by atoms with E-state index in [2.05, 4.69) is 58.6 Å². The van der Waals surface area contributed by atoms with E-state index in [0.29, 0.717) is 4.83 Å². The summed E-state index contributed by atoms with van der Waals surface area (Å²) in [5, 5.41) is 0.786. The van der Waals surface area contributed by atoms with E-state index in [9.17, 15) is 0 Å². The zero-order valence-electron chi connectivity index (χ0n) is 10.1. The Bertz CT molecular complexity index is 493. The van der Waals surface area contributed by atoms with Gasteiger partial charge in [-0.3, -0.25) is 0 Å². The summed E-state index contributed by atoms with van der Waals surface area (Å²) in [6, 6.07) is 16.7. The van der Waals surface area contributed by atoms with Crippen LogP contribution in [0, 0.1) is 0 Å². The van der Waals surface area contributed by atoms with Crippen molar-refractivity contribution >= 4 is 39.3 Å². The molecule has 1 unspecified atom stereocenters. The van der Waals surface area contributed by atoms with Gasteiger partial charge in [-0.1, -0.05) is 51.8 Å². The van der Waals surface area contributed by atoms with Gasteiger partial charge in [0, 0.05) is 14.7 Å². The molecule has 1 atom stereocenters. The van der Waals surface area contributed by atoms with E-state index in [0.717, 1.165) is 11.4 Å². The summed E-state index contributed by atoms with van der Waals surface area (Å²) in [5.41, 5.74) is 2.60. The second-order valence-electron chi connectivity index (χ2n) is 4.07. The molecular weight excluding hydrogens is 328 g/mol. The van der Waals surface area contributed by atoms with Crippen molar-refractivity contribution in [3.05, 3.63) is 64.7 Å². The van der Waals surface area contributed by atoms with Crippen molar-refractivity contribution in [2.45, 2.75) is 16.1 Å². The Labute approximate surface area is 126 Å². The molecule has 0 nitrogen and oxygen atoms in total. The van der Waals surface area contributed by atoms with Crippen LogP contribution in [0.3, 0.4) is 0 Å². The van der Waals surface area contributed by atoms with Crippen molar-refractivity contribution in [3.8, 4) is 0 Å². The van der Waals surface area contributed by atoms with E-state index >= 15 is 0 Å². The summed E-state index contributed by atoms with van der Waals surface area (Å²) in [4.78, 5) is 1.64. The van der Waals surface area contributed by atoms with Gasteiger partial charge >= 0.3 is 0 Å². The molecule has 0 N–H and O–H groups in total. The fourth-order valence-corrected chi connectivity index (χ4v) is 2.97. The van der Waals surface area contributed by atoms with Crippen molar-refractivity contribution in [2.75, 3.05) is 6.26 Å². The molecule has 0 amide bonds. The first-order valence-corrected chi connectivity index (χ1v) is 8.23. The molecule has 0 bridgehead atoms. The molecule has 0 aliphatic carbocycles. The lowest BCUT2D eigenvalue weighted by molar-refractivity contribution is 0.947. The third-order valence-corrected chi connectivity index (χ3v) is 4.65. The van der Waals surface area contributed by atoms with E-state index < -0.39 is 0 Å². The van der Waals surface area contributed by atoms with Crippen LogP contribution < -0.4 is 0 Å². The van der Waals surface area contributed by atoms with Crippen LogP contribution in [0.2, 0.25) is 5.02 Å². The quantitative estimate of drug-likeness (QED) is 0.504. The van der Waals surface area contributed by atoms with Crippen LogP contribution in [0.25, 0.3) is 0 Å². The molecule has 94 valence electrons. The summed E-state index contributed by atoms with van der Waals surface area (Å²) in [6.07, 6.45) is 3.06. The Hall–Kier alpha value is -0.440. The maximum Gasteiger partial charge on any atom is 0.0435 e. The monoisotopic (exact) mass is 340 g/mol. The number of benzene rings is 2. The van der Waals surface area contributed by atoms with Gasteiger partial charge in [0.05, 0.1) is 0 Å². The third kappa shape index (κ3) is 3.78. The van der Waals surface area contributed by atoms with E-state index in [1.54, 1.807) is 11.8 Å². The first-order valence-electron chi connectivity index (χ1n) is 5.71. The van der Waals surface area contributed by atoms with Gasteiger partial charge in [-0.15, -0.1) is 11.8 Å². The molecule has 0 spiro atoms. The number of hydrogen-bond donors (Lipinski definition) is 0. The lowest BCUT2D eigenvalue weighted by Gasteiger charge is -2.11. The van der Waals surface area contributed by atoms with Crippen LogP contribution in [-0.4, -0.2) is 6.26 Å². The molecule has 0 aliphatic heterocycles. The molecule has 0 heterocycles. The number of alkyl halides is 1. The van der Waals surface area contributed by atoms with Crippen LogP contribution in [0.4, 0.5) is 0 Å². The van der Waals surface area contributed by atoms with Gasteiger partial charge in [0.2, 0.25) is 0 Å². The normalized spacial score (nSPS) is 12.4. The summed E-state index contributed by atoms with van der Waals surface area (Å²) in [7, 11) is 0. The molecule has 0 fully saturated rings. The first kappa shape index (κ1) is 14.0. The van der Waals surface area contributed by atoms with E-state index in [1.807, 2.05) is 12.1 Å². The van der Waals surface area contributed by atoms with E-state index in [4.69, 9.17) is 11.6 Å². The Morgan fingerprint density at radius 1 is 1.06 bits per heavy atom. The molecule has 0 aliphatic rings. The smallest absolute Gasteiger partial charge is 0.0435 e. The minimum absolute atomic E-state index is 0.342. The highest BCUT2D eigenvalue weighted by atomic mass is 79.9. The van der Waals surface area contributed by atoms with E-state index in [1.165, 1.54) is 16.0 Å². The fraction of sp³-hybridized carbons (Fsp3) is 0.200. The minimum Gasteiger partial charge on any atom is -0.130 e.